The van der Waals surface area contributed by atoms with Crippen molar-refractivity contribution < 1.29 is 36.7 Å². The summed E-state index contributed by atoms with van der Waals surface area (Å²) in [5, 5.41) is 13.4. The van der Waals surface area contributed by atoms with Crippen LogP contribution >= 0.6 is 0 Å². The van der Waals surface area contributed by atoms with Gasteiger partial charge < -0.3 is 19.9 Å². The van der Waals surface area contributed by atoms with Crippen LogP contribution in [0.3, 0.4) is 0 Å². The van der Waals surface area contributed by atoms with Crippen molar-refractivity contribution >= 4 is 51.6 Å². The third-order valence-electron chi connectivity index (χ3n) is 13.1. The summed E-state index contributed by atoms with van der Waals surface area (Å²) < 4.78 is 72.2. The number of imide groups is 1. The highest BCUT2D eigenvalue weighted by Gasteiger charge is 2.47. The number of benzene rings is 1. The van der Waals surface area contributed by atoms with Gasteiger partial charge >= 0.3 is 5.69 Å². The molecule has 0 radical (unpaired) electrons. The molecular weight excluding hydrogens is 829 g/mol. The van der Waals surface area contributed by atoms with E-state index in [2.05, 4.69) is 30.7 Å². The van der Waals surface area contributed by atoms with Crippen LogP contribution in [0.1, 0.15) is 85.9 Å². The second-order valence-electron chi connectivity index (χ2n) is 17.2. The summed E-state index contributed by atoms with van der Waals surface area (Å²) in [5.74, 6) is -3.97. The molecule has 3 aliphatic heterocycles. The number of imidazole rings is 1. The summed E-state index contributed by atoms with van der Waals surface area (Å²) in [4.78, 5) is 61.6. The predicted molar refractivity (Wildman–Crippen MR) is 224 cm³/mol. The molecule has 3 amide bonds. The monoisotopic (exact) mass is 878 g/mol. The second kappa shape index (κ2) is 17.0. The maximum Gasteiger partial charge on any atom is 0.329 e. The van der Waals surface area contributed by atoms with Crippen LogP contribution in [0.25, 0.3) is 16.7 Å². The number of aromatic nitrogens is 7. The maximum atomic E-state index is 16.2. The number of para-hydroxylation sites is 1. The van der Waals surface area contributed by atoms with Crippen LogP contribution in [0.5, 0.6) is 0 Å². The van der Waals surface area contributed by atoms with E-state index in [1.165, 1.54) is 30.7 Å². The minimum absolute atomic E-state index is 0.0874. The molecule has 1 saturated carbocycles. The Bertz CT molecular complexity index is 2590. The van der Waals surface area contributed by atoms with Gasteiger partial charge in [0.2, 0.25) is 11.8 Å². The quantitative estimate of drug-likeness (QED) is 0.149. The highest BCUT2D eigenvalue weighted by atomic mass is 19.3. The average molecular weight is 879 g/mol. The number of aryl methyl sites for hydroxylation is 1. The summed E-state index contributed by atoms with van der Waals surface area (Å²) in [7, 11) is 3.27. The summed E-state index contributed by atoms with van der Waals surface area (Å²) in [6.07, 6.45) is 5.32. The number of carbonyl (C=O) groups excluding carboxylic acids is 3. The fourth-order valence-corrected chi connectivity index (χ4v) is 9.92. The minimum atomic E-state index is -3.11. The van der Waals surface area contributed by atoms with Gasteiger partial charge in [0, 0.05) is 58.6 Å². The van der Waals surface area contributed by atoms with E-state index in [1.807, 2.05) is 0 Å². The molecule has 4 aliphatic rings. The van der Waals surface area contributed by atoms with E-state index in [9.17, 15) is 28.0 Å². The molecule has 9 rings (SSSR count). The zero-order chi connectivity index (χ0) is 44.2. The Morgan fingerprint density at radius 2 is 1.84 bits per heavy atom. The van der Waals surface area contributed by atoms with Crippen molar-refractivity contribution in [3.8, 4) is 0 Å². The fourth-order valence-electron chi connectivity index (χ4n) is 9.92. The molecule has 0 spiro atoms. The molecule has 5 aromatic rings. The van der Waals surface area contributed by atoms with Gasteiger partial charge in [-0.1, -0.05) is 6.07 Å². The van der Waals surface area contributed by atoms with E-state index in [-0.39, 0.29) is 48.1 Å². The molecule has 1 aromatic carbocycles. The third-order valence-corrected chi connectivity index (χ3v) is 13.1. The number of hydrogen-bond donors (Lipinski definition) is 2. The number of carbonyl (C=O) groups is 3. The Morgan fingerprint density at radius 1 is 1.03 bits per heavy atom. The average Bonchev–Trinajstić information content (AvgIpc) is 3.87. The molecule has 1 aliphatic carbocycles. The van der Waals surface area contributed by atoms with Crippen molar-refractivity contribution in [1.29, 1.82) is 0 Å². The Morgan fingerprint density at radius 3 is 2.60 bits per heavy atom. The number of nitrogens with zero attached hydrogens (tertiary/aromatic N) is 10. The van der Waals surface area contributed by atoms with E-state index in [1.54, 1.807) is 54.4 Å². The van der Waals surface area contributed by atoms with E-state index in [0.29, 0.717) is 81.1 Å². The Hall–Kier alpha value is -5.83. The zero-order valence-electron chi connectivity index (χ0n) is 35.1. The maximum absolute atomic E-state index is 16.2. The largest absolute Gasteiger partial charge is 0.380 e. The van der Waals surface area contributed by atoms with Crippen LogP contribution in [0.2, 0.25) is 0 Å². The molecule has 2 unspecified atom stereocenters. The van der Waals surface area contributed by atoms with Gasteiger partial charge in [-0.2, -0.15) is 10.2 Å². The Labute approximate surface area is 358 Å². The van der Waals surface area contributed by atoms with Crippen LogP contribution in [-0.2, 0) is 21.4 Å². The third kappa shape index (κ3) is 8.15. The topological polar surface area (TPSA) is 169 Å². The number of rotatable bonds is 10. The lowest BCUT2D eigenvalue weighted by molar-refractivity contribution is -0.135. The lowest BCUT2D eigenvalue weighted by atomic mass is 9.85. The number of amides is 3. The molecule has 21 heteroatoms. The number of ether oxygens (including phenoxy) is 1. The first kappa shape index (κ1) is 42.5. The SMILES string of the molecule is CN(C[C@H]1CC[C@H](n2cc(NC(=O)c3cnn4ccc(N5CCCOCC5)nc34)c(C(F)F)n2)CC1)C1CCN(c2cccc3c2n(C)c(=O)n3C2CCC(=O)NC2=O)CC1(F)F. The van der Waals surface area contributed by atoms with E-state index < -0.39 is 60.1 Å². The van der Waals surface area contributed by atoms with Crippen LogP contribution in [0.4, 0.5) is 34.8 Å². The molecule has 7 heterocycles. The number of nitrogens with one attached hydrogen (secondary N) is 2. The normalized spacial score (nSPS) is 23.5. The van der Waals surface area contributed by atoms with Crippen LogP contribution in [0, 0.1) is 5.92 Å². The number of piperidine rings is 2. The van der Waals surface area contributed by atoms with Gasteiger partial charge in [-0.25, -0.2) is 31.9 Å². The minimum Gasteiger partial charge on any atom is -0.380 e. The van der Waals surface area contributed by atoms with Gasteiger partial charge in [-0.3, -0.25) is 38.4 Å². The van der Waals surface area contributed by atoms with Crippen molar-refractivity contribution in [2.45, 2.75) is 81.8 Å². The van der Waals surface area contributed by atoms with Crippen molar-refractivity contribution in [2.75, 3.05) is 68.1 Å². The molecule has 3 saturated heterocycles. The summed E-state index contributed by atoms with van der Waals surface area (Å²) in [6, 6.07) is 4.73. The standard InChI is InChI=1S/C42H50F4N12O5/c1-52(32-13-16-55(24-42(32,45)46)29-5-3-6-30-36(29)53(2)41(62)58(30)31-11-12-34(59)50-40(31)61)22-25-7-9-26(10-8-25)57-23-28(35(51-57)37(43)44)48-39(60)27-21-47-56-17-14-33(49-38(27)56)54-15-4-19-63-20-18-54/h3,5-6,14,17,21,23,25-26,31-32,37H,4,7-13,15-16,18-20,22,24H2,1-2H3,(H,48,60)(H,50,59,61)/t25-,26-,31?,32?. The van der Waals surface area contributed by atoms with E-state index >= 15 is 8.78 Å². The molecular formula is C42H50F4N12O5. The Balaban J connectivity index is 0.827. The highest BCUT2D eigenvalue weighted by molar-refractivity contribution is 6.08. The van der Waals surface area contributed by atoms with Crippen LogP contribution in [-0.4, -0.2) is 121 Å². The molecule has 63 heavy (non-hydrogen) atoms. The molecule has 0 bridgehead atoms. The van der Waals surface area contributed by atoms with Crippen molar-refractivity contribution in [2.24, 2.45) is 13.0 Å². The van der Waals surface area contributed by atoms with Gasteiger partial charge in [0.05, 0.1) is 53.8 Å². The molecule has 17 nitrogen and oxygen atoms in total. The highest BCUT2D eigenvalue weighted by Crippen LogP contribution is 2.39. The number of hydrogen-bond acceptors (Lipinski definition) is 11. The summed E-state index contributed by atoms with van der Waals surface area (Å²) >= 11 is 0. The van der Waals surface area contributed by atoms with Crippen molar-refractivity contribution in [3.05, 3.63) is 64.6 Å². The van der Waals surface area contributed by atoms with Gasteiger partial charge in [-0.15, -0.1) is 0 Å². The number of alkyl halides is 4. The van der Waals surface area contributed by atoms with Gasteiger partial charge in [0.1, 0.15) is 17.4 Å². The first-order valence-corrected chi connectivity index (χ1v) is 21.5. The number of fused-ring (bicyclic) bond motifs is 2. The van der Waals surface area contributed by atoms with Gasteiger partial charge in [0.15, 0.2) is 11.3 Å². The molecule has 2 N–H and O–H groups in total. The zero-order valence-corrected chi connectivity index (χ0v) is 35.1. The predicted octanol–water partition coefficient (Wildman–Crippen LogP) is 4.55. The first-order valence-electron chi connectivity index (χ1n) is 21.5. The van der Waals surface area contributed by atoms with Gasteiger partial charge in [-0.05, 0) is 76.1 Å². The van der Waals surface area contributed by atoms with E-state index in [0.717, 1.165) is 13.0 Å². The molecule has 4 fully saturated rings. The molecule has 336 valence electrons. The number of halogens is 4. The summed E-state index contributed by atoms with van der Waals surface area (Å²) in [5.41, 5.74) is 0.647. The van der Waals surface area contributed by atoms with Gasteiger partial charge in [0.25, 0.3) is 18.3 Å². The van der Waals surface area contributed by atoms with E-state index in [4.69, 9.17) is 4.74 Å². The van der Waals surface area contributed by atoms with Crippen molar-refractivity contribution in [3.63, 3.8) is 0 Å². The summed E-state index contributed by atoms with van der Waals surface area (Å²) in [6.45, 7) is 2.75. The second-order valence-corrected chi connectivity index (χ2v) is 17.2. The lowest BCUT2D eigenvalue weighted by Gasteiger charge is -2.44. The smallest absolute Gasteiger partial charge is 0.329 e. The van der Waals surface area contributed by atoms with Crippen molar-refractivity contribution in [1.82, 2.24) is 43.7 Å². The van der Waals surface area contributed by atoms with Crippen LogP contribution in [0.15, 0.2) is 47.7 Å². The lowest BCUT2D eigenvalue weighted by Crippen LogP contribution is -2.58. The molecule has 4 aromatic heterocycles. The van der Waals surface area contributed by atoms with Crippen LogP contribution < -0.4 is 26.1 Å². The molecule has 2 atom stereocenters. The first-order chi connectivity index (χ1) is 30.3. The Kier molecular flexibility index (Phi) is 11.5. The number of anilines is 3. The fraction of sp³-hybridized carbons (Fsp3) is 0.548.